The molecule has 1 amide bonds. The van der Waals surface area contributed by atoms with Gasteiger partial charge in [0.25, 0.3) is 0 Å². The molecule has 0 fully saturated rings. The van der Waals surface area contributed by atoms with Crippen molar-refractivity contribution in [3.63, 3.8) is 0 Å². The highest BCUT2D eigenvalue weighted by molar-refractivity contribution is 5.80. The number of carbonyl (C=O) groups excluding carboxylic acids is 1. The van der Waals surface area contributed by atoms with Gasteiger partial charge in [-0.3, -0.25) is 9.59 Å². The van der Waals surface area contributed by atoms with Crippen LogP contribution in [-0.4, -0.2) is 23.0 Å². The lowest BCUT2D eigenvalue weighted by Crippen LogP contribution is -2.32. The van der Waals surface area contributed by atoms with Crippen LogP contribution in [0, 0.1) is 0 Å². The monoisotopic (exact) mass is 341 g/mol. The van der Waals surface area contributed by atoms with Gasteiger partial charge in [0.05, 0.1) is 6.42 Å². The van der Waals surface area contributed by atoms with E-state index in [1.54, 1.807) is 0 Å². The Bertz CT molecular complexity index is 318. The summed E-state index contributed by atoms with van der Waals surface area (Å²) in [6.07, 6.45) is 17.0. The highest BCUT2D eigenvalue weighted by Crippen LogP contribution is 2.13. The van der Waals surface area contributed by atoms with E-state index in [0.29, 0.717) is 0 Å². The second kappa shape index (κ2) is 16.8. The van der Waals surface area contributed by atoms with Crippen molar-refractivity contribution < 1.29 is 14.7 Å². The Hall–Kier alpha value is -1.06. The predicted octanol–water partition coefficient (Wildman–Crippen LogP) is 5.45. The van der Waals surface area contributed by atoms with Gasteiger partial charge < -0.3 is 10.4 Å². The highest BCUT2D eigenvalue weighted by Gasteiger charge is 2.08. The molecule has 142 valence electrons. The number of carboxylic acids is 1. The number of unbranched alkanes of at least 4 members (excludes halogenated alkanes) is 11. The molecule has 0 aliphatic heterocycles. The first-order chi connectivity index (χ1) is 11.6. The minimum atomic E-state index is -0.918. The van der Waals surface area contributed by atoms with Crippen LogP contribution in [0.4, 0.5) is 0 Å². The van der Waals surface area contributed by atoms with Crippen LogP contribution >= 0.6 is 0 Å². The third kappa shape index (κ3) is 17.3. The third-order valence-corrected chi connectivity index (χ3v) is 4.46. The summed E-state index contributed by atoms with van der Waals surface area (Å²) in [5.74, 6) is -1.07. The van der Waals surface area contributed by atoms with Gasteiger partial charge in [0.15, 0.2) is 0 Å². The molecule has 0 aliphatic rings. The van der Waals surface area contributed by atoms with Crippen LogP contribution in [0.2, 0.25) is 0 Å². The second-order valence-electron chi connectivity index (χ2n) is 7.04. The number of carboxylic acid groups (broad SMARTS) is 1. The maximum absolute atomic E-state index is 11.5. The van der Waals surface area contributed by atoms with Crippen LogP contribution in [0.5, 0.6) is 0 Å². The second-order valence-corrected chi connectivity index (χ2v) is 7.04. The number of nitrogens with one attached hydrogen (secondary N) is 1. The fourth-order valence-electron chi connectivity index (χ4n) is 2.93. The summed E-state index contributed by atoms with van der Waals surface area (Å²) in [7, 11) is 0. The summed E-state index contributed by atoms with van der Waals surface area (Å²) in [6, 6.07) is 0.148. The Balaban J connectivity index is 3.28. The van der Waals surface area contributed by atoms with Crippen LogP contribution in [0.15, 0.2) is 0 Å². The maximum Gasteiger partial charge on any atom is 0.303 e. The van der Waals surface area contributed by atoms with E-state index in [4.69, 9.17) is 5.11 Å². The number of carbonyl (C=O) groups is 2. The molecule has 0 aromatic rings. The van der Waals surface area contributed by atoms with Gasteiger partial charge in [-0.05, 0) is 13.3 Å². The molecule has 0 aromatic carbocycles. The molecule has 4 nitrogen and oxygen atoms in total. The van der Waals surface area contributed by atoms with Gasteiger partial charge in [-0.1, -0.05) is 84.0 Å². The van der Waals surface area contributed by atoms with Gasteiger partial charge in [0.2, 0.25) is 5.91 Å². The average molecular weight is 342 g/mol. The summed E-state index contributed by atoms with van der Waals surface area (Å²) < 4.78 is 0. The van der Waals surface area contributed by atoms with Crippen LogP contribution in [0.1, 0.15) is 110 Å². The lowest BCUT2D eigenvalue weighted by molar-refractivity contribution is -0.138. The van der Waals surface area contributed by atoms with E-state index in [1.165, 1.54) is 70.6 Å². The van der Waals surface area contributed by atoms with Crippen molar-refractivity contribution in [1.29, 1.82) is 0 Å². The summed E-state index contributed by atoms with van der Waals surface area (Å²) in [6.45, 7) is 4.26. The van der Waals surface area contributed by atoms with Crippen LogP contribution in [0.25, 0.3) is 0 Å². The molecule has 0 saturated heterocycles. The van der Waals surface area contributed by atoms with E-state index in [2.05, 4.69) is 12.2 Å². The fourth-order valence-corrected chi connectivity index (χ4v) is 2.93. The largest absolute Gasteiger partial charge is 0.481 e. The minimum absolute atomic E-state index is 0.0815. The van der Waals surface area contributed by atoms with E-state index < -0.39 is 5.97 Å². The molecule has 0 aliphatic carbocycles. The number of amides is 1. The molecule has 1 unspecified atom stereocenters. The van der Waals surface area contributed by atoms with Crippen molar-refractivity contribution in [2.45, 2.75) is 116 Å². The summed E-state index contributed by atoms with van der Waals surface area (Å²) in [4.78, 5) is 21.9. The molecular formula is C20H39NO3. The lowest BCUT2D eigenvalue weighted by atomic mass is 10.0. The van der Waals surface area contributed by atoms with E-state index in [9.17, 15) is 9.59 Å². The third-order valence-electron chi connectivity index (χ3n) is 4.46. The highest BCUT2D eigenvalue weighted by atomic mass is 16.4. The molecule has 0 radical (unpaired) electrons. The van der Waals surface area contributed by atoms with Gasteiger partial charge in [-0.2, -0.15) is 0 Å². The summed E-state index contributed by atoms with van der Waals surface area (Å²) in [5, 5.41) is 11.4. The first-order valence-electron chi connectivity index (χ1n) is 10.1. The number of aliphatic carboxylic acids is 1. The molecule has 0 heterocycles. The first kappa shape index (κ1) is 22.9. The molecule has 24 heavy (non-hydrogen) atoms. The van der Waals surface area contributed by atoms with Gasteiger partial charge in [0, 0.05) is 12.5 Å². The lowest BCUT2D eigenvalue weighted by Gasteiger charge is -2.13. The van der Waals surface area contributed by atoms with Crippen molar-refractivity contribution >= 4 is 11.9 Å². The van der Waals surface area contributed by atoms with E-state index >= 15 is 0 Å². The Kier molecular flexibility index (Phi) is 16.0. The molecule has 4 heteroatoms. The van der Waals surface area contributed by atoms with Gasteiger partial charge in [0.1, 0.15) is 0 Å². The molecule has 1 atom stereocenters. The van der Waals surface area contributed by atoms with Crippen LogP contribution in [0.3, 0.4) is 0 Å². The van der Waals surface area contributed by atoms with Gasteiger partial charge in [-0.15, -0.1) is 0 Å². The molecule has 0 bridgehead atoms. The van der Waals surface area contributed by atoms with Gasteiger partial charge in [-0.25, -0.2) is 0 Å². The van der Waals surface area contributed by atoms with Crippen molar-refractivity contribution in [1.82, 2.24) is 5.32 Å². The zero-order valence-electron chi connectivity index (χ0n) is 15.9. The molecular weight excluding hydrogens is 302 g/mol. The standard InChI is InChI=1S/C20H39NO3/c1-3-4-5-6-7-8-9-10-11-12-13-14-15-18(2)21-19(22)16-17-20(23)24/h18H,3-17H2,1-2H3,(H,21,22)(H,23,24). The zero-order chi connectivity index (χ0) is 18.0. The van der Waals surface area contributed by atoms with Gasteiger partial charge >= 0.3 is 5.97 Å². The topological polar surface area (TPSA) is 66.4 Å². The predicted molar refractivity (Wildman–Crippen MR) is 100 cm³/mol. The number of hydrogen-bond acceptors (Lipinski definition) is 2. The average Bonchev–Trinajstić information content (AvgIpc) is 2.54. The van der Waals surface area contributed by atoms with E-state index in [1.807, 2.05) is 6.92 Å². The normalized spacial score (nSPS) is 12.1. The first-order valence-corrected chi connectivity index (χ1v) is 10.1. The summed E-state index contributed by atoms with van der Waals surface area (Å²) >= 11 is 0. The Morgan fingerprint density at radius 1 is 0.792 bits per heavy atom. The smallest absolute Gasteiger partial charge is 0.303 e. The van der Waals surface area contributed by atoms with Crippen molar-refractivity contribution in [3.05, 3.63) is 0 Å². The fraction of sp³-hybridized carbons (Fsp3) is 0.900. The van der Waals surface area contributed by atoms with E-state index in [0.717, 1.165) is 12.8 Å². The zero-order valence-corrected chi connectivity index (χ0v) is 15.9. The van der Waals surface area contributed by atoms with E-state index in [-0.39, 0.29) is 24.8 Å². The summed E-state index contributed by atoms with van der Waals surface area (Å²) in [5.41, 5.74) is 0. The molecule has 0 aromatic heterocycles. The quantitative estimate of drug-likeness (QED) is 0.346. The maximum atomic E-state index is 11.5. The van der Waals surface area contributed by atoms with Crippen LogP contribution < -0.4 is 5.32 Å². The molecule has 0 spiro atoms. The van der Waals surface area contributed by atoms with Crippen LogP contribution in [-0.2, 0) is 9.59 Å². The van der Waals surface area contributed by atoms with Crippen molar-refractivity contribution in [2.24, 2.45) is 0 Å². The number of rotatable bonds is 17. The minimum Gasteiger partial charge on any atom is -0.481 e. The SMILES string of the molecule is CCCCCCCCCCCCCCC(C)NC(=O)CCC(=O)O. The Morgan fingerprint density at radius 3 is 1.71 bits per heavy atom. The molecule has 2 N–H and O–H groups in total. The van der Waals surface area contributed by atoms with Crippen molar-refractivity contribution in [3.8, 4) is 0 Å². The molecule has 0 saturated carbocycles. The van der Waals surface area contributed by atoms with Crippen molar-refractivity contribution in [2.75, 3.05) is 0 Å². The Morgan fingerprint density at radius 2 is 1.25 bits per heavy atom. The Labute approximate surface area is 148 Å². The number of hydrogen-bond donors (Lipinski definition) is 2. The molecule has 0 rings (SSSR count).